The van der Waals surface area contributed by atoms with Crippen molar-refractivity contribution in [2.24, 2.45) is 0 Å². The Bertz CT molecular complexity index is 341. The molecule has 0 spiro atoms. The summed E-state index contributed by atoms with van der Waals surface area (Å²) in [6.45, 7) is 0. The van der Waals surface area contributed by atoms with Gasteiger partial charge in [-0.3, -0.25) is 4.57 Å². The third-order valence-electron chi connectivity index (χ3n) is 1.86. The summed E-state index contributed by atoms with van der Waals surface area (Å²) in [7, 11) is -1.02. The predicted octanol–water partition coefficient (Wildman–Crippen LogP) is 1.84. The first-order chi connectivity index (χ1) is 6.63. The van der Waals surface area contributed by atoms with E-state index in [2.05, 4.69) is 0 Å². The van der Waals surface area contributed by atoms with Gasteiger partial charge in [-0.1, -0.05) is 6.07 Å². The summed E-state index contributed by atoms with van der Waals surface area (Å²) in [4.78, 5) is 8.66. The summed E-state index contributed by atoms with van der Waals surface area (Å²) in [6, 6.07) is 4.15. The van der Waals surface area contributed by atoms with Crippen LogP contribution >= 0.6 is 8.03 Å². The Kier molecular flexibility index (Phi) is 4.11. The Morgan fingerprint density at radius 2 is 2.29 bits per heavy atom. The lowest BCUT2D eigenvalue weighted by Gasteiger charge is -2.07. The Labute approximate surface area is 82.4 Å². The normalized spacial score (nSPS) is 12.5. The lowest BCUT2D eigenvalue weighted by Crippen LogP contribution is -1.95. The highest BCUT2D eigenvalue weighted by molar-refractivity contribution is 7.37. The molecule has 3 nitrogen and oxygen atoms in total. The van der Waals surface area contributed by atoms with E-state index in [1.807, 2.05) is 0 Å². The largest absolute Gasteiger partial charge is 0.496 e. The van der Waals surface area contributed by atoms with Crippen LogP contribution in [-0.2, 0) is 11.0 Å². The molecule has 0 radical (unpaired) electrons. The van der Waals surface area contributed by atoms with Crippen LogP contribution in [0.1, 0.15) is 5.56 Å². The number of methoxy groups -OCH3 is 1. The van der Waals surface area contributed by atoms with E-state index < -0.39 is 8.03 Å². The standard InChI is InChI=1S/C9H12FO3P/c1-13-9-6-8(10)3-2-7(9)4-5-14(11)12/h2-3,6,14H,4-5H2,1H3,(H,11,12). The molecule has 0 amide bonds. The van der Waals surface area contributed by atoms with Crippen LogP contribution in [0.4, 0.5) is 4.39 Å². The molecule has 0 bridgehead atoms. The van der Waals surface area contributed by atoms with Gasteiger partial charge >= 0.3 is 0 Å². The van der Waals surface area contributed by atoms with Crippen LogP contribution in [0.25, 0.3) is 0 Å². The SMILES string of the molecule is COc1cc(F)ccc1CC[PH](=O)O. The van der Waals surface area contributed by atoms with E-state index in [0.29, 0.717) is 12.2 Å². The molecule has 14 heavy (non-hydrogen) atoms. The van der Waals surface area contributed by atoms with Crippen LogP contribution in [0.5, 0.6) is 5.75 Å². The summed E-state index contributed by atoms with van der Waals surface area (Å²) >= 11 is 0. The van der Waals surface area contributed by atoms with E-state index in [-0.39, 0.29) is 12.0 Å². The van der Waals surface area contributed by atoms with Crippen molar-refractivity contribution >= 4 is 8.03 Å². The third kappa shape index (κ3) is 3.13. The van der Waals surface area contributed by atoms with Gasteiger partial charge in [0.2, 0.25) is 0 Å². The molecule has 1 N–H and O–H groups in total. The maximum absolute atomic E-state index is 12.7. The number of ether oxygens (including phenoxy) is 1. The number of benzene rings is 1. The molecule has 0 heterocycles. The van der Waals surface area contributed by atoms with Gasteiger partial charge in [-0.15, -0.1) is 0 Å². The zero-order valence-electron chi connectivity index (χ0n) is 7.79. The van der Waals surface area contributed by atoms with Crippen LogP contribution in [-0.4, -0.2) is 18.2 Å². The van der Waals surface area contributed by atoms with E-state index in [0.717, 1.165) is 5.56 Å². The average molecular weight is 218 g/mol. The second-order valence-corrected chi connectivity index (χ2v) is 4.14. The molecule has 1 aromatic carbocycles. The van der Waals surface area contributed by atoms with Crippen LogP contribution < -0.4 is 4.74 Å². The van der Waals surface area contributed by atoms with Gasteiger partial charge in [0.15, 0.2) is 8.03 Å². The quantitative estimate of drug-likeness (QED) is 0.784. The van der Waals surface area contributed by atoms with E-state index >= 15 is 0 Å². The van der Waals surface area contributed by atoms with Crippen molar-refractivity contribution in [3.05, 3.63) is 29.6 Å². The summed E-state index contributed by atoms with van der Waals surface area (Å²) in [6.07, 6.45) is 0.629. The topological polar surface area (TPSA) is 46.5 Å². The molecule has 0 aliphatic carbocycles. The molecular weight excluding hydrogens is 206 g/mol. The molecule has 0 aliphatic rings. The highest BCUT2D eigenvalue weighted by Crippen LogP contribution is 2.23. The van der Waals surface area contributed by atoms with Crippen LogP contribution in [0.15, 0.2) is 18.2 Å². The number of hydrogen-bond acceptors (Lipinski definition) is 2. The molecule has 1 unspecified atom stereocenters. The molecule has 78 valence electrons. The van der Waals surface area contributed by atoms with Crippen LogP contribution in [0.3, 0.4) is 0 Å². The fourth-order valence-electron chi connectivity index (χ4n) is 1.17. The highest BCUT2D eigenvalue weighted by Gasteiger charge is 2.05. The first-order valence-corrected chi connectivity index (χ1v) is 5.74. The maximum atomic E-state index is 12.7. The summed E-state index contributed by atoms with van der Waals surface area (Å²) in [5, 5.41) is 0. The van der Waals surface area contributed by atoms with Crippen LogP contribution in [0.2, 0.25) is 0 Å². The minimum Gasteiger partial charge on any atom is -0.496 e. The minimum atomic E-state index is -2.47. The molecular formula is C9H12FO3P. The Morgan fingerprint density at radius 3 is 2.86 bits per heavy atom. The number of aryl methyl sites for hydroxylation is 1. The second kappa shape index (κ2) is 5.13. The lowest BCUT2D eigenvalue weighted by molar-refractivity contribution is 0.406. The molecule has 0 aromatic heterocycles. The predicted molar refractivity (Wildman–Crippen MR) is 52.7 cm³/mol. The molecule has 1 aromatic rings. The second-order valence-electron chi connectivity index (χ2n) is 2.85. The van der Waals surface area contributed by atoms with Gasteiger partial charge in [0.05, 0.1) is 7.11 Å². The van der Waals surface area contributed by atoms with Gasteiger partial charge in [0.1, 0.15) is 11.6 Å². The maximum Gasteiger partial charge on any atom is 0.189 e. The number of hydrogen-bond donors (Lipinski definition) is 1. The molecule has 1 atom stereocenters. The zero-order valence-corrected chi connectivity index (χ0v) is 8.79. The molecule has 0 saturated heterocycles. The minimum absolute atomic E-state index is 0.201. The monoisotopic (exact) mass is 218 g/mol. The summed E-state index contributed by atoms with van der Waals surface area (Å²) in [5.74, 6) is 0.0514. The van der Waals surface area contributed by atoms with Crippen molar-refractivity contribution in [1.29, 1.82) is 0 Å². The van der Waals surface area contributed by atoms with Crippen molar-refractivity contribution < 1.29 is 18.6 Å². The van der Waals surface area contributed by atoms with Gasteiger partial charge in [0.25, 0.3) is 0 Å². The third-order valence-corrected chi connectivity index (χ3v) is 2.54. The number of rotatable bonds is 4. The first-order valence-electron chi connectivity index (χ1n) is 4.17. The molecule has 5 heteroatoms. The van der Waals surface area contributed by atoms with E-state index in [9.17, 15) is 8.96 Å². The lowest BCUT2D eigenvalue weighted by atomic mass is 10.1. The molecule has 0 fully saturated rings. The van der Waals surface area contributed by atoms with E-state index in [1.165, 1.54) is 19.2 Å². The molecule has 0 aliphatic heterocycles. The van der Waals surface area contributed by atoms with Crippen molar-refractivity contribution in [3.63, 3.8) is 0 Å². The van der Waals surface area contributed by atoms with E-state index in [4.69, 9.17) is 9.63 Å². The fourth-order valence-corrected chi connectivity index (χ4v) is 1.65. The first kappa shape index (κ1) is 11.2. The Hall–Kier alpha value is -0.860. The summed E-state index contributed by atoms with van der Waals surface area (Å²) in [5.41, 5.74) is 0.751. The van der Waals surface area contributed by atoms with Crippen molar-refractivity contribution in [1.82, 2.24) is 0 Å². The van der Waals surface area contributed by atoms with Crippen molar-refractivity contribution in [3.8, 4) is 5.75 Å². The highest BCUT2D eigenvalue weighted by atomic mass is 31.1. The van der Waals surface area contributed by atoms with Gasteiger partial charge in [-0.25, -0.2) is 4.39 Å². The van der Waals surface area contributed by atoms with Gasteiger partial charge < -0.3 is 9.63 Å². The van der Waals surface area contributed by atoms with Crippen molar-refractivity contribution in [2.75, 3.05) is 13.3 Å². The van der Waals surface area contributed by atoms with Gasteiger partial charge in [-0.2, -0.15) is 0 Å². The van der Waals surface area contributed by atoms with E-state index in [1.54, 1.807) is 6.07 Å². The molecule has 0 saturated carbocycles. The Balaban J connectivity index is 2.80. The zero-order chi connectivity index (χ0) is 10.6. The molecule has 1 rings (SSSR count). The smallest absolute Gasteiger partial charge is 0.189 e. The van der Waals surface area contributed by atoms with Crippen LogP contribution in [0, 0.1) is 5.82 Å². The number of halogens is 1. The van der Waals surface area contributed by atoms with Gasteiger partial charge in [-0.05, 0) is 18.1 Å². The fraction of sp³-hybridized carbons (Fsp3) is 0.333. The Morgan fingerprint density at radius 1 is 1.57 bits per heavy atom. The average Bonchev–Trinajstić information content (AvgIpc) is 2.15. The van der Waals surface area contributed by atoms with Crippen molar-refractivity contribution in [2.45, 2.75) is 6.42 Å². The van der Waals surface area contributed by atoms with Gasteiger partial charge in [0, 0.05) is 12.2 Å². The summed E-state index contributed by atoms with van der Waals surface area (Å²) < 4.78 is 28.2.